The van der Waals surface area contributed by atoms with Crippen molar-refractivity contribution in [2.24, 2.45) is 0 Å². The molecule has 3 nitrogen and oxygen atoms in total. The van der Waals surface area contributed by atoms with Crippen molar-refractivity contribution in [1.29, 1.82) is 0 Å². The van der Waals surface area contributed by atoms with E-state index in [4.69, 9.17) is 11.6 Å². The number of nitrogens with zero attached hydrogens (tertiary/aromatic N) is 1. The maximum Gasteiger partial charge on any atom is 0.235 e. The predicted molar refractivity (Wildman–Crippen MR) is 103 cm³/mol. The van der Waals surface area contributed by atoms with Gasteiger partial charge in [0.2, 0.25) is 5.91 Å². The Morgan fingerprint density at radius 1 is 1.16 bits per heavy atom. The van der Waals surface area contributed by atoms with Crippen LogP contribution in [0.4, 0.5) is 5.69 Å². The number of thiazole rings is 1. The van der Waals surface area contributed by atoms with E-state index in [1.165, 1.54) is 0 Å². The topological polar surface area (TPSA) is 42.0 Å². The van der Waals surface area contributed by atoms with Crippen molar-refractivity contribution in [2.75, 3.05) is 5.32 Å². The third-order valence-corrected chi connectivity index (χ3v) is 5.88. The summed E-state index contributed by atoms with van der Waals surface area (Å²) in [6.45, 7) is 0. The predicted octanol–water partition coefficient (Wildman–Crippen LogP) is 5.52. The Kier molecular flexibility index (Phi) is 4.32. The molecule has 0 atom stereocenters. The molecular formula is C20H17ClN2OS. The molecule has 1 amide bonds. The summed E-state index contributed by atoms with van der Waals surface area (Å²) in [4.78, 5) is 17.4. The Morgan fingerprint density at radius 3 is 2.68 bits per heavy atom. The quantitative estimate of drug-likeness (QED) is 0.658. The lowest BCUT2D eigenvalue weighted by Crippen LogP contribution is -2.46. The van der Waals surface area contributed by atoms with Gasteiger partial charge in [-0.1, -0.05) is 42.3 Å². The summed E-state index contributed by atoms with van der Waals surface area (Å²) in [6, 6.07) is 15.5. The van der Waals surface area contributed by atoms with Crippen molar-refractivity contribution in [3.05, 3.63) is 70.7 Å². The Hall–Kier alpha value is -2.17. The maximum absolute atomic E-state index is 13.1. The van der Waals surface area contributed by atoms with Crippen LogP contribution < -0.4 is 5.32 Å². The van der Waals surface area contributed by atoms with Gasteiger partial charge in [-0.3, -0.25) is 4.79 Å². The molecule has 1 saturated carbocycles. The first-order valence-electron chi connectivity index (χ1n) is 8.25. The summed E-state index contributed by atoms with van der Waals surface area (Å²) in [6.07, 6.45) is 4.55. The number of nitrogens with one attached hydrogen (secondary N) is 1. The van der Waals surface area contributed by atoms with Crippen LogP contribution in [-0.4, -0.2) is 10.9 Å². The summed E-state index contributed by atoms with van der Waals surface area (Å²) in [5.74, 6) is 0.0392. The van der Waals surface area contributed by atoms with Crippen LogP contribution in [0.5, 0.6) is 0 Å². The van der Waals surface area contributed by atoms with Gasteiger partial charge in [-0.2, -0.15) is 0 Å². The van der Waals surface area contributed by atoms with Crippen LogP contribution in [0.1, 0.15) is 24.8 Å². The highest BCUT2D eigenvalue weighted by atomic mass is 35.5. The van der Waals surface area contributed by atoms with Crippen molar-refractivity contribution < 1.29 is 4.79 Å². The number of halogens is 1. The molecule has 1 aromatic heterocycles. The van der Waals surface area contributed by atoms with E-state index in [0.717, 1.165) is 41.1 Å². The molecule has 126 valence electrons. The second-order valence-corrected chi connectivity index (χ2v) is 7.65. The SMILES string of the molecule is O=C(Nc1cccc(-c2nccs2)c1)C1(c2cccc(Cl)c2)CCC1. The fourth-order valence-corrected chi connectivity index (χ4v) is 4.14. The lowest BCUT2D eigenvalue weighted by Gasteiger charge is -2.40. The lowest BCUT2D eigenvalue weighted by atomic mass is 9.64. The number of benzene rings is 2. The minimum atomic E-state index is -0.470. The molecular weight excluding hydrogens is 352 g/mol. The van der Waals surface area contributed by atoms with E-state index in [9.17, 15) is 4.79 Å². The zero-order valence-electron chi connectivity index (χ0n) is 13.5. The molecule has 1 aliphatic carbocycles. The molecule has 1 heterocycles. The second kappa shape index (κ2) is 6.62. The minimum Gasteiger partial charge on any atom is -0.325 e. The van der Waals surface area contributed by atoms with Crippen LogP contribution in [0, 0.1) is 0 Å². The molecule has 5 heteroatoms. The molecule has 0 bridgehead atoms. The Balaban J connectivity index is 1.60. The first-order chi connectivity index (χ1) is 12.2. The van der Waals surface area contributed by atoms with Crippen molar-refractivity contribution in [2.45, 2.75) is 24.7 Å². The zero-order chi connectivity index (χ0) is 17.3. The van der Waals surface area contributed by atoms with Gasteiger partial charge in [0.1, 0.15) is 5.01 Å². The van der Waals surface area contributed by atoms with E-state index >= 15 is 0 Å². The van der Waals surface area contributed by atoms with E-state index in [1.54, 1.807) is 17.5 Å². The van der Waals surface area contributed by atoms with Crippen LogP contribution in [0.25, 0.3) is 10.6 Å². The number of aromatic nitrogens is 1. The smallest absolute Gasteiger partial charge is 0.235 e. The molecule has 25 heavy (non-hydrogen) atoms. The largest absolute Gasteiger partial charge is 0.325 e. The summed E-state index contributed by atoms with van der Waals surface area (Å²) < 4.78 is 0. The van der Waals surface area contributed by atoms with Gasteiger partial charge in [-0.25, -0.2) is 4.98 Å². The fraction of sp³-hybridized carbons (Fsp3) is 0.200. The molecule has 2 aromatic carbocycles. The van der Waals surface area contributed by atoms with E-state index in [1.807, 2.05) is 53.9 Å². The van der Waals surface area contributed by atoms with Gasteiger partial charge in [0, 0.05) is 27.9 Å². The highest BCUT2D eigenvalue weighted by Crippen LogP contribution is 2.45. The summed E-state index contributed by atoms with van der Waals surface area (Å²) >= 11 is 7.72. The number of hydrogen-bond acceptors (Lipinski definition) is 3. The first-order valence-corrected chi connectivity index (χ1v) is 9.51. The molecule has 3 aromatic rings. The van der Waals surface area contributed by atoms with Gasteiger partial charge in [0.15, 0.2) is 0 Å². The molecule has 0 radical (unpaired) electrons. The van der Waals surface area contributed by atoms with Crippen molar-refractivity contribution >= 4 is 34.5 Å². The average molecular weight is 369 g/mol. The summed E-state index contributed by atoms with van der Waals surface area (Å²) in [5, 5.41) is 6.66. The Labute approximate surface area is 155 Å². The van der Waals surface area contributed by atoms with Gasteiger partial charge < -0.3 is 5.32 Å². The molecule has 0 spiro atoms. The van der Waals surface area contributed by atoms with Crippen LogP contribution in [0.3, 0.4) is 0 Å². The summed E-state index contributed by atoms with van der Waals surface area (Å²) in [5.41, 5.74) is 2.34. The minimum absolute atomic E-state index is 0.0392. The van der Waals surface area contributed by atoms with Gasteiger partial charge >= 0.3 is 0 Å². The molecule has 1 aliphatic rings. The van der Waals surface area contributed by atoms with Gasteiger partial charge in [-0.05, 0) is 42.7 Å². The van der Waals surface area contributed by atoms with Gasteiger partial charge in [0.05, 0.1) is 5.41 Å². The van der Waals surface area contributed by atoms with Gasteiger partial charge in [0.25, 0.3) is 0 Å². The standard InChI is InChI=1S/C20H17ClN2OS/c21-16-6-2-5-15(13-16)20(8-3-9-20)19(24)23-17-7-1-4-14(12-17)18-22-10-11-25-18/h1-2,4-7,10-13H,3,8-9H2,(H,23,24). The Morgan fingerprint density at radius 2 is 2.00 bits per heavy atom. The molecule has 4 rings (SSSR count). The number of anilines is 1. The number of amides is 1. The van der Waals surface area contributed by atoms with Gasteiger partial charge in [-0.15, -0.1) is 11.3 Å². The normalized spacial score (nSPS) is 15.4. The van der Waals surface area contributed by atoms with Crippen LogP contribution in [0.2, 0.25) is 5.02 Å². The molecule has 1 N–H and O–H groups in total. The first kappa shape index (κ1) is 16.3. The number of rotatable bonds is 4. The molecule has 0 aliphatic heterocycles. The average Bonchev–Trinajstić information content (AvgIpc) is 3.09. The van der Waals surface area contributed by atoms with Crippen LogP contribution in [-0.2, 0) is 10.2 Å². The monoisotopic (exact) mass is 368 g/mol. The van der Waals surface area contributed by atoms with E-state index in [0.29, 0.717) is 5.02 Å². The highest BCUT2D eigenvalue weighted by Gasteiger charge is 2.45. The third-order valence-electron chi connectivity index (χ3n) is 4.82. The summed E-state index contributed by atoms with van der Waals surface area (Å²) in [7, 11) is 0. The number of carbonyl (C=O) groups is 1. The molecule has 0 unspecified atom stereocenters. The van der Waals surface area contributed by atoms with Crippen molar-refractivity contribution in [3.8, 4) is 10.6 Å². The number of hydrogen-bond donors (Lipinski definition) is 1. The molecule has 0 saturated heterocycles. The van der Waals surface area contributed by atoms with E-state index in [2.05, 4.69) is 10.3 Å². The van der Waals surface area contributed by atoms with E-state index < -0.39 is 5.41 Å². The van der Waals surface area contributed by atoms with Crippen molar-refractivity contribution in [1.82, 2.24) is 4.98 Å². The highest BCUT2D eigenvalue weighted by molar-refractivity contribution is 7.13. The number of carbonyl (C=O) groups excluding carboxylic acids is 1. The Bertz CT molecular complexity index is 904. The lowest BCUT2D eigenvalue weighted by molar-refractivity contribution is -0.124. The zero-order valence-corrected chi connectivity index (χ0v) is 15.1. The molecule has 1 fully saturated rings. The van der Waals surface area contributed by atoms with Crippen molar-refractivity contribution in [3.63, 3.8) is 0 Å². The maximum atomic E-state index is 13.1. The van der Waals surface area contributed by atoms with Crippen LogP contribution >= 0.6 is 22.9 Å². The second-order valence-electron chi connectivity index (χ2n) is 6.32. The fourth-order valence-electron chi connectivity index (χ4n) is 3.31. The third kappa shape index (κ3) is 3.08. The van der Waals surface area contributed by atoms with E-state index in [-0.39, 0.29) is 5.91 Å². The van der Waals surface area contributed by atoms with Crippen LogP contribution in [0.15, 0.2) is 60.1 Å².